The van der Waals surface area contributed by atoms with Crippen LogP contribution in [0.3, 0.4) is 0 Å². The molecule has 0 aromatic carbocycles. The lowest BCUT2D eigenvalue weighted by Crippen LogP contribution is -2.16. The second-order valence-corrected chi connectivity index (χ2v) is 3.11. The fourth-order valence-corrected chi connectivity index (χ4v) is 1.11. The summed E-state index contributed by atoms with van der Waals surface area (Å²) in [7, 11) is -1.48. The first kappa shape index (κ1) is 11.5. The quantitative estimate of drug-likeness (QED) is 0.330. The molecule has 0 aromatic rings. The molecule has 0 saturated heterocycles. The molecule has 0 aromatic heterocycles. The van der Waals surface area contributed by atoms with Crippen LogP contribution in [0.15, 0.2) is 46.0 Å². The van der Waals surface area contributed by atoms with Crippen molar-refractivity contribution in [1.82, 2.24) is 0 Å². The van der Waals surface area contributed by atoms with Crippen LogP contribution in [0.5, 0.6) is 0 Å². The van der Waals surface area contributed by atoms with Crippen molar-refractivity contribution in [2.45, 2.75) is 20.3 Å². The van der Waals surface area contributed by atoms with E-state index < -0.39 is 7.05 Å². The molecule has 5 heteroatoms. The van der Waals surface area contributed by atoms with E-state index in [-0.39, 0.29) is 5.66 Å². The average molecular weight is 205 g/mol. The number of hydrogen-bond donors (Lipinski definition) is 1. The summed E-state index contributed by atoms with van der Waals surface area (Å²) in [5, 5.41) is 11.6. The van der Waals surface area contributed by atoms with Gasteiger partial charge in [-0.15, -0.1) is 0 Å². The molecule has 0 fully saturated rings. The Kier molecular flexibility index (Phi) is 4.09. The molecular formula is C10H12BNO3. The predicted molar refractivity (Wildman–Crippen MR) is 58.6 cm³/mol. The molecule has 0 aliphatic carbocycles. The van der Waals surface area contributed by atoms with Gasteiger partial charge in [0.25, 0.3) is 0 Å². The van der Waals surface area contributed by atoms with Gasteiger partial charge >= 0.3 is 7.05 Å². The third kappa shape index (κ3) is 2.94. The third-order valence-electron chi connectivity index (χ3n) is 1.98. The van der Waals surface area contributed by atoms with Crippen molar-refractivity contribution in [2.24, 2.45) is 5.09 Å². The maximum Gasteiger partial charge on any atom is 0.562 e. The van der Waals surface area contributed by atoms with Gasteiger partial charge in [0.05, 0.1) is 0 Å². The minimum atomic E-state index is -1.48. The molecule has 0 saturated carbocycles. The summed E-state index contributed by atoms with van der Waals surface area (Å²) >= 11 is 0. The monoisotopic (exact) mass is 205 g/mol. The molecule has 0 atom stereocenters. The van der Waals surface area contributed by atoms with E-state index in [0.29, 0.717) is 12.2 Å². The molecule has 0 bridgehead atoms. The topological polar surface area (TPSA) is 58.9 Å². The van der Waals surface area contributed by atoms with Crippen molar-refractivity contribution in [1.29, 1.82) is 0 Å². The number of nitroso groups, excluding NO2 is 1. The van der Waals surface area contributed by atoms with Gasteiger partial charge in [0, 0.05) is 6.42 Å². The Bertz CT molecular complexity index is 378. The third-order valence-corrected chi connectivity index (χ3v) is 1.98. The van der Waals surface area contributed by atoms with E-state index in [1.165, 1.54) is 0 Å². The smallest absolute Gasteiger partial charge is 0.461 e. The first-order valence-electron chi connectivity index (χ1n) is 4.65. The zero-order chi connectivity index (χ0) is 11.3. The van der Waals surface area contributed by atoms with Gasteiger partial charge in [-0.3, -0.25) is 0 Å². The van der Waals surface area contributed by atoms with Crippen LogP contribution in [-0.4, -0.2) is 12.1 Å². The summed E-state index contributed by atoms with van der Waals surface area (Å²) in [5.74, 6) is 0.699. The maximum absolute atomic E-state index is 10.1. The molecule has 0 unspecified atom stereocenters. The van der Waals surface area contributed by atoms with Crippen molar-refractivity contribution in [3.63, 3.8) is 0 Å². The average Bonchev–Trinajstić information content (AvgIpc) is 2.27. The molecule has 0 spiro atoms. The number of rotatable bonds is 4. The van der Waals surface area contributed by atoms with Crippen LogP contribution < -0.4 is 0 Å². The Balaban J connectivity index is 2.81. The lowest BCUT2D eigenvalue weighted by atomic mass is 9.82. The summed E-state index contributed by atoms with van der Waals surface area (Å²) in [5.41, 5.74) is 3.65. The Morgan fingerprint density at radius 1 is 1.73 bits per heavy atom. The number of ether oxygens (including phenoxy) is 1. The molecular weight excluding hydrogens is 193 g/mol. The van der Waals surface area contributed by atoms with E-state index in [0.717, 1.165) is 5.57 Å². The number of nitrogens with zero attached hydrogens (tertiary/aromatic N) is 1. The molecule has 1 heterocycles. The van der Waals surface area contributed by atoms with Crippen LogP contribution in [0.2, 0.25) is 0 Å². The number of allylic oxidation sites excluding steroid dienone is 4. The summed E-state index contributed by atoms with van der Waals surface area (Å²) < 4.78 is 5.31. The summed E-state index contributed by atoms with van der Waals surface area (Å²) in [4.78, 5) is 10.1. The van der Waals surface area contributed by atoms with Crippen LogP contribution in [0.1, 0.15) is 20.3 Å². The van der Waals surface area contributed by atoms with Gasteiger partial charge in [0.1, 0.15) is 5.76 Å². The van der Waals surface area contributed by atoms with E-state index in [9.17, 15) is 4.91 Å². The SMILES string of the molecule is C/C=C\CC1=C(C)C=C=C(B(O)N=O)O1. The zero-order valence-corrected chi connectivity index (χ0v) is 8.73. The zero-order valence-electron chi connectivity index (χ0n) is 8.73. The van der Waals surface area contributed by atoms with Crippen LogP contribution in [0, 0.1) is 4.91 Å². The molecule has 1 rings (SSSR count). The molecule has 15 heavy (non-hydrogen) atoms. The highest BCUT2D eigenvalue weighted by Crippen LogP contribution is 2.21. The van der Waals surface area contributed by atoms with Gasteiger partial charge in [-0.05, 0) is 25.5 Å². The van der Waals surface area contributed by atoms with Crippen molar-refractivity contribution in [2.75, 3.05) is 0 Å². The van der Waals surface area contributed by atoms with E-state index in [2.05, 4.69) is 10.8 Å². The second kappa shape index (κ2) is 5.34. The van der Waals surface area contributed by atoms with E-state index in [4.69, 9.17) is 9.76 Å². The fraction of sp³-hybridized carbons (Fsp3) is 0.300. The van der Waals surface area contributed by atoms with Gasteiger partial charge < -0.3 is 9.76 Å². The highest BCUT2D eigenvalue weighted by Gasteiger charge is 2.24. The largest absolute Gasteiger partial charge is 0.562 e. The molecule has 1 aliphatic heterocycles. The lowest BCUT2D eigenvalue weighted by Gasteiger charge is -2.14. The van der Waals surface area contributed by atoms with Crippen LogP contribution in [-0.2, 0) is 4.74 Å². The summed E-state index contributed by atoms with van der Waals surface area (Å²) in [6, 6.07) is 0. The van der Waals surface area contributed by atoms with Crippen molar-refractivity contribution in [3.8, 4) is 0 Å². The highest BCUT2D eigenvalue weighted by atomic mass is 16.5. The summed E-state index contributed by atoms with van der Waals surface area (Å²) in [6.07, 6.45) is 6.12. The minimum Gasteiger partial charge on any atom is -0.461 e. The van der Waals surface area contributed by atoms with Gasteiger partial charge in [-0.2, -0.15) is 4.91 Å². The Morgan fingerprint density at radius 3 is 3.07 bits per heavy atom. The Hall–Kier alpha value is -1.58. The number of hydrogen-bond acceptors (Lipinski definition) is 4. The second-order valence-electron chi connectivity index (χ2n) is 3.11. The van der Waals surface area contributed by atoms with Gasteiger partial charge in [0.15, 0.2) is 5.66 Å². The van der Waals surface area contributed by atoms with E-state index in [1.807, 2.05) is 26.0 Å². The predicted octanol–water partition coefficient (Wildman–Crippen LogP) is 2.08. The molecule has 0 radical (unpaired) electrons. The van der Waals surface area contributed by atoms with Crippen LogP contribution in [0.4, 0.5) is 0 Å². The minimum absolute atomic E-state index is 0.0510. The normalized spacial score (nSPS) is 15.3. The Labute approximate surface area is 88.7 Å². The maximum atomic E-state index is 10.1. The first-order chi connectivity index (χ1) is 7.19. The van der Waals surface area contributed by atoms with Crippen molar-refractivity contribution in [3.05, 3.63) is 45.9 Å². The molecule has 1 N–H and O–H groups in total. The summed E-state index contributed by atoms with van der Waals surface area (Å²) in [6.45, 7) is 3.79. The van der Waals surface area contributed by atoms with Gasteiger partial charge in [0.2, 0.25) is 0 Å². The van der Waals surface area contributed by atoms with Gasteiger partial charge in [-0.1, -0.05) is 23.0 Å². The van der Waals surface area contributed by atoms with Crippen LogP contribution in [0.25, 0.3) is 0 Å². The highest BCUT2D eigenvalue weighted by molar-refractivity contribution is 6.56. The van der Waals surface area contributed by atoms with Gasteiger partial charge in [-0.25, -0.2) is 0 Å². The molecule has 0 amide bonds. The molecule has 78 valence electrons. The first-order valence-corrected chi connectivity index (χ1v) is 4.65. The van der Waals surface area contributed by atoms with Crippen molar-refractivity contribution >= 4 is 7.05 Å². The standard InChI is InChI=1S/C10H12BNO3/c1-3-4-5-9-8(2)6-7-10(15-9)11(13)12-14/h3-4,6,13H,5H2,1-2H3/b4-3-. The lowest BCUT2D eigenvalue weighted by molar-refractivity contribution is 0.306. The van der Waals surface area contributed by atoms with E-state index >= 15 is 0 Å². The fourth-order valence-electron chi connectivity index (χ4n) is 1.11. The van der Waals surface area contributed by atoms with E-state index in [1.54, 1.807) is 6.08 Å². The molecule has 4 nitrogen and oxygen atoms in total. The Morgan fingerprint density at radius 2 is 2.47 bits per heavy atom. The van der Waals surface area contributed by atoms with Crippen LogP contribution >= 0.6 is 0 Å². The molecule has 1 aliphatic rings. The van der Waals surface area contributed by atoms with Crippen molar-refractivity contribution < 1.29 is 9.76 Å².